The number of nitrogens with zero attached hydrogens (tertiary/aromatic N) is 2. The normalized spacial score (nSPS) is 20.9. The molecule has 2 aliphatic heterocycles. The number of sulfonamides is 1. The second-order valence-electron chi connectivity index (χ2n) is 7.06. The third kappa shape index (κ3) is 5.65. The van der Waals surface area contributed by atoms with E-state index in [2.05, 4.69) is 20.7 Å². The van der Waals surface area contributed by atoms with Crippen LogP contribution in [0.2, 0.25) is 0 Å². The van der Waals surface area contributed by atoms with Gasteiger partial charge in [0.1, 0.15) is 6.04 Å². The maximum absolute atomic E-state index is 12.7. The molecule has 2 fully saturated rings. The smallest absolute Gasteiger partial charge is 0.242 e. The molecule has 0 saturated carbocycles. The van der Waals surface area contributed by atoms with Crippen LogP contribution in [-0.4, -0.2) is 62.3 Å². The first-order chi connectivity index (χ1) is 13.3. The number of hydrogen-bond acceptors (Lipinski definition) is 4. The fourth-order valence-corrected chi connectivity index (χ4v) is 4.90. The minimum atomic E-state index is -3.78. The van der Waals surface area contributed by atoms with Crippen LogP contribution in [0.1, 0.15) is 31.2 Å². The fraction of sp³-hybridized carbons (Fsp3) is 0.474. The molecule has 0 spiro atoms. The summed E-state index contributed by atoms with van der Waals surface area (Å²) in [5.41, 5.74) is 0.729. The van der Waals surface area contributed by atoms with Crippen LogP contribution in [0, 0.1) is 0 Å². The summed E-state index contributed by atoms with van der Waals surface area (Å²) >= 11 is 3.34. The third-order valence-corrected chi connectivity index (χ3v) is 6.51. The largest absolute Gasteiger partial charge is 0.341 e. The Morgan fingerprint density at radius 1 is 1.21 bits per heavy atom. The zero-order valence-electron chi connectivity index (χ0n) is 15.5. The summed E-state index contributed by atoms with van der Waals surface area (Å²) in [7, 11) is -3.78. The van der Waals surface area contributed by atoms with Crippen molar-refractivity contribution in [3.8, 4) is 0 Å². The molecule has 2 amide bonds. The van der Waals surface area contributed by atoms with Crippen LogP contribution in [0.3, 0.4) is 0 Å². The molecule has 2 saturated heterocycles. The Bertz CT molecular complexity index is 866. The zero-order chi connectivity index (χ0) is 20.1. The van der Waals surface area contributed by atoms with E-state index in [1.807, 2.05) is 12.1 Å². The lowest BCUT2D eigenvalue weighted by Gasteiger charge is -2.32. The maximum Gasteiger partial charge on any atom is 0.242 e. The summed E-state index contributed by atoms with van der Waals surface area (Å²) in [6, 6.07) is 6.40. The van der Waals surface area contributed by atoms with Gasteiger partial charge in [0.2, 0.25) is 21.8 Å². The number of rotatable bonds is 6. The van der Waals surface area contributed by atoms with Gasteiger partial charge in [-0.15, -0.1) is 0 Å². The van der Waals surface area contributed by atoms with Gasteiger partial charge in [-0.05, 0) is 49.5 Å². The average molecular weight is 470 g/mol. The molecule has 0 bridgehead atoms. The van der Waals surface area contributed by atoms with Gasteiger partial charge >= 0.3 is 0 Å². The number of benzene rings is 1. The highest BCUT2D eigenvalue weighted by Gasteiger charge is 2.33. The Morgan fingerprint density at radius 3 is 2.68 bits per heavy atom. The second kappa shape index (κ2) is 9.19. The predicted molar refractivity (Wildman–Crippen MR) is 111 cm³/mol. The molecular weight excluding hydrogens is 446 g/mol. The SMILES string of the molecule is O=C(CN1CCC[C@H](NS(=O)(=O)/C=C/c2cccc(Br)c2)C1=O)N1CCCC1. The molecule has 0 aromatic heterocycles. The van der Waals surface area contributed by atoms with Gasteiger partial charge in [-0.25, -0.2) is 8.42 Å². The van der Waals surface area contributed by atoms with E-state index >= 15 is 0 Å². The van der Waals surface area contributed by atoms with Gasteiger partial charge in [-0.1, -0.05) is 28.1 Å². The Balaban J connectivity index is 1.60. The highest BCUT2D eigenvalue weighted by molar-refractivity contribution is 9.10. The Labute approximate surface area is 173 Å². The van der Waals surface area contributed by atoms with Crippen molar-refractivity contribution in [3.63, 3.8) is 0 Å². The second-order valence-corrected chi connectivity index (χ2v) is 9.58. The number of carbonyl (C=O) groups excluding carboxylic acids is 2. The number of halogens is 1. The topological polar surface area (TPSA) is 86.8 Å². The third-order valence-electron chi connectivity index (χ3n) is 4.91. The summed E-state index contributed by atoms with van der Waals surface area (Å²) in [5.74, 6) is -0.401. The number of carbonyl (C=O) groups is 2. The molecule has 2 aliphatic rings. The van der Waals surface area contributed by atoms with Gasteiger partial charge in [0.15, 0.2) is 0 Å². The Morgan fingerprint density at radius 2 is 1.96 bits per heavy atom. The van der Waals surface area contributed by atoms with Crippen molar-refractivity contribution in [2.75, 3.05) is 26.2 Å². The van der Waals surface area contributed by atoms with Crippen LogP contribution < -0.4 is 4.72 Å². The molecule has 1 aromatic carbocycles. The molecule has 0 unspecified atom stereocenters. The van der Waals surface area contributed by atoms with Crippen LogP contribution in [-0.2, 0) is 19.6 Å². The molecule has 0 radical (unpaired) electrons. The van der Waals surface area contributed by atoms with Gasteiger partial charge in [0, 0.05) is 29.5 Å². The minimum Gasteiger partial charge on any atom is -0.341 e. The summed E-state index contributed by atoms with van der Waals surface area (Å²) in [4.78, 5) is 28.2. The lowest BCUT2D eigenvalue weighted by molar-refractivity contribution is -0.142. The van der Waals surface area contributed by atoms with E-state index < -0.39 is 16.1 Å². The molecule has 28 heavy (non-hydrogen) atoms. The van der Waals surface area contributed by atoms with Crippen molar-refractivity contribution in [1.29, 1.82) is 0 Å². The molecule has 1 N–H and O–H groups in total. The van der Waals surface area contributed by atoms with Gasteiger partial charge in [-0.3, -0.25) is 9.59 Å². The average Bonchev–Trinajstić information content (AvgIpc) is 3.18. The summed E-state index contributed by atoms with van der Waals surface area (Å²) in [5, 5.41) is 1.07. The first kappa shape index (κ1) is 21.0. The first-order valence-electron chi connectivity index (χ1n) is 9.37. The van der Waals surface area contributed by atoms with Gasteiger partial charge in [-0.2, -0.15) is 4.72 Å². The monoisotopic (exact) mass is 469 g/mol. The number of piperidine rings is 1. The Kier molecular flexibility index (Phi) is 6.90. The highest BCUT2D eigenvalue weighted by Crippen LogP contribution is 2.16. The molecule has 3 rings (SSSR count). The molecule has 1 atom stereocenters. The van der Waals surface area contributed by atoms with E-state index in [1.165, 1.54) is 11.0 Å². The zero-order valence-corrected chi connectivity index (χ0v) is 17.9. The van der Waals surface area contributed by atoms with Crippen molar-refractivity contribution in [2.45, 2.75) is 31.7 Å². The molecule has 152 valence electrons. The van der Waals surface area contributed by atoms with Crippen LogP contribution in [0.25, 0.3) is 6.08 Å². The van der Waals surface area contributed by atoms with Gasteiger partial charge < -0.3 is 9.80 Å². The Hall–Kier alpha value is -1.71. The van der Waals surface area contributed by atoms with Crippen molar-refractivity contribution < 1.29 is 18.0 Å². The minimum absolute atomic E-state index is 0.0188. The van der Waals surface area contributed by atoms with E-state index in [4.69, 9.17) is 0 Å². The molecule has 7 nitrogen and oxygen atoms in total. The van der Waals surface area contributed by atoms with Crippen LogP contribution >= 0.6 is 15.9 Å². The summed E-state index contributed by atoms with van der Waals surface area (Å²) in [6.07, 6.45) is 4.55. The summed E-state index contributed by atoms with van der Waals surface area (Å²) < 4.78 is 28.1. The van der Waals surface area contributed by atoms with Gasteiger partial charge in [0.25, 0.3) is 0 Å². The van der Waals surface area contributed by atoms with E-state index in [1.54, 1.807) is 17.0 Å². The maximum atomic E-state index is 12.7. The van der Waals surface area contributed by atoms with Gasteiger partial charge in [0.05, 0.1) is 6.54 Å². The number of hydrogen-bond donors (Lipinski definition) is 1. The standard InChI is InChI=1S/C19H24BrN3O4S/c20-16-6-3-5-15(13-16)8-12-28(26,27)21-17-7-4-11-23(19(17)25)14-18(24)22-9-1-2-10-22/h3,5-6,8,12-13,17,21H,1-2,4,7,9-11,14H2/b12-8+/t17-/m0/s1. The highest BCUT2D eigenvalue weighted by atomic mass is 79.9. The van der Waals surface area contributed by atoms with E-state index in [0.29, 0.717) is 19.4 Å². The first-order valence-corrected chi connectivity index (χ1v) is 11.7. The fourth-order valence-electron chi connectivity index (χ4n) is 3.45. The van der Waals surface area contributed by atoms with E-state index in [0.717, 1.165) is 41.4 Å². The quantitative estimate of drug-likeness (QED) is 0.689. The number of amides is 2. The van der Waals surface area contributed by atoms with Crippen molar-refractivity contribution in [3.05, 3.63) is 39.7 Å². The summed E-state index contributed by atoms with van der Waals surface area (Å²) in [6.45, 7) is 1.96. The lowest BCUT2D eigenvalue weighted by atomic mass is 10.1. The predicted octanol–water partition coefficient (Wildman–Crippen LogP) is 1.95. The van der Waals surface area contributed by atoms with Crippen LogP contribution in [0.15, 0.2) is 34.1 Å². The van der Waals surface area contributed by atoms with Crippen LogP contribution in [0.4, 0.5) is 0 Å². The van der Waals surface area contributed by atoms with Crippen molar-refractivity contribution in [2.24, 2.45) is 0 Å². The molecule has 2 heterocycles. The number of likely N-dealkylation sites (tertiary alicyclic amines) is 2. The van der Waals surface area contributed by atoms with Crippen molar-refractivity contribution >= 4 is 43.8 Å². The molecule has 0 aliphatic carbocycles. The van der Waals surface area contributed by atoms with E-state index in [-0.39, 0.29) is 18.4 Å². The lowest BCUT2D eigenvalue weighted by Crippen LogP contribution is -2.54. The molecule has 1 aromatic rings. The van der Waals surface area contributed by atoms with Crippen molar-refractivity contribution in [1.82, 2.24) is 14.5 Å². The van der Waals surface area contributed by atoms with Crippen LogP contribution in [0.5, 0.6) is 0 Å². The molecular formula is C19H24BrN3O4S. The van der Waals surface area contributed by atoms with E-state index in [9.17, 15) is 18.0 Å². The molecule has 9 heteroatoms. The number of nitrogens with one attached hydrogen (secondary N) is 1.